The van der Waals surface area contributed by atoms with Crippen LogP contribution in [0, 0.1) is 11.6 Å². The van der Waals surface area contributed by atoms with Crippen molar-refractivity contribution < 1.29 is 18.3 Å². The van der Waals surface area contributed by atoms with Crippen molar-refractivity contribution in [2.24, 2.45) is 5.73 Å². The molecule has 1 rings (SSSR count). The van der Waals surface area contributed by atoms with E-state index in [0.717, 1.165) is 6.07 Å². The number of carbonyl (C=O) groups is 1. The predicted octanol–water partition coefficient (Wildman–Crippen LogP) is 2.34. The number of esters is 1. The highest BCUT2D eigenvalue weighted by Crippen LogP contribution is 2.24. The van der Waals surface area contributed by atoms with Crippen molar-refractivity contribution >= 4 is 17.7 Å². The monoisotopic (exact) mass is 275 g/mol. The van der Waals surface area contributed by atoms with Crippen LogP contribution in [-0.4, -0.2) is 24.4 Å². The molecule has 100 valence electrons. The van der Waals surface area contributed by atoms with Gasteiger partial charge in [-0.3, -0.25) is 4.79 Å². The molecule has 0 radical (unpaired) electrons. The van der Waals surface area contributed by atoms with Crippen LogP contribution in [0.1, 0.15) is 13.3 Å². The summed E-state index contributed by atoms with van der Waals surface area (Å²) in [5, 5.41) is 0. The van der Waals surface area contributed by atoms with Crippen molar-refractivity contribution in [3.05, 3.63) is 29.8 Å². The molecular formula is C12H15F2NO2S. The molecule has 6 heteroatoms. The van der Waals surface area contributed by atoms with Gasteiger partial charge in [0.05, 0.1) is 7.11 Å². The van der Waals surface area contributed by atoms with Crippen LogP contribution in [0.15, 0.2) is 23.1 Å². The third-order valence-electron chi connectivity index (χ3n) is 2.42. The number of halogens is 2. The quantitative estimate of drug-likeness (QED) is 0.662. The Labute approximate surface area is 109 Å². The average molecular weight is 275 g/mol. The number of rotatable bonds is 5. The molecule has 0 aliphatic rings. The van der Waals surface area contributed by atoms with Crippen LogP contribution in [0.2, 0.25) is 0 Å². The van der Waals surface area contributed by atoms with E-state index in [0.29, 0.717) is 17.1 Å². The molecule has 3 nitrogen and oxygen atoms in total. The van der Waals surface area contributed by atoms with Crippen LogP contribution in [0.25, 0.3) is 0 Å². The van der Waals surface area contributed by atoms with Crippen LogP contribution in [0.5, 0.6) is 0 Å². The standard InChI is InChI=1S/C12H15F2NO2S/c1-12(15,11(16)17-2)5-6-18-10-4-3-8(13)7-9(10)14/h3-4,7H,5-6,15H2,1-2H3. The van der Waals surface area contributed by atoms with Gasteiger partial charge >= 0.3 is 5.97 Å². The number of benzene rings is 1. The number of hydrogen-bond donors (Lipinski definition) is 1. The molecule has 0 aromatic heterocycles. The van der Waals surface area contributed by atoms with Crippen molar-refractivity contribution in [2.75, 3.05) is 12.9 Å². The zero-order valence-corrected chi connectivity index (χ0v) is 11.0. The van der Waals surface area contributed by atoms with E-state index in [1.165, 1.54) is 31.0 Å². The minimum atomic E-state index is -1.10. The maximum atomic E-state index is 13.3. The van der Waals surface area contributed by atoms with Gasteiger partial charge < -0.3 is 10.5 Å². The lowest BCUT2D eigenvalue weighted by molar-refractivity contribution is -0.146. The summed E-state index contributed by atoms with van der Waals surface area (Å²) in [6.07, 6.45) is 0.334. The van der Waals surface area contributed by atoms with Gasteiger partial charge in [-0.2, -0.15) is 0 Å². The van der Waals surface area contributed by atoms with Crippen molar-refractivity contribution in [1.29, 1.82) is 0 Å². The smallest absolute Gasteiger partial charge is 0.325 e. The first kappa shape index (κ1) is 14.9. The number of methoxy groups -OCH3 is 1. The zero-order chi connectivity index (χ0) is 13.8. The summed E-state index contributed by atoms with van der Waals surface area (Å²) in [4.78, 5) is 11.6. The van der Waals surface area contributed by atoms with Crippen LogP contribution in [0.3, 0.4) is 0 Å². The molecule has 0 amide bonds. The maximum absolute atomic E-state index is 13.3. The van der Waals surface area contributed by atoms with E-state index < -0.39 is 23.1 Å². The number of carbonyl (C=O) groups excluding carboxylic acids is 1. The van der Waals surface area contributed by atoms with Crippen molar-refractivity contribution in [3.8, 4) is 0 Å². The van der Waals surface area contributed by atoms with Gasteiger partial charge in [0.1, 0.15) is 17.2 Å². The topological polar surface area (TPSA) is 52.3 Å². The van der Waals surface area contributed by atoms with Crippen LogP contribution in [-0.2, 0) is 9.53 Å². The van der Waals surface area contributed by atoms with Gasteiger partial charge in [-0.15, -0.1) is 11.8 Å². The molecule has 1 aromatic rings. The summed E-state index contributed by atoms with van der Waals surface area (Å²) < 4.78 is 30.6. The second-order valence-corrected chi connectivity index (χ2v) is 5.22. The summed E-state index contributed by atoms with van der Waals surface area (Å²) in [5.74, 6) is -1.31. The SMILES string of the molecule is COC(=O)C(C)(N)CCSc1ccc(F)cc1F. The fraction of sp³-hybridized carbons (Fsp3) is 0.417. The molecule has 0 saturated carbocycles. The van der Waals surface area contributed by atoms with E-state index in [4.69, 9.17) is 5.73 Å². The Kier molecular flexibility index (Phi) is 5.10. The number of ether oxygens (including phenoxy) is 1. The predicted molar refractivity (Wildman–Crippen MR) is 66.3 cm³/mol. The van der Waals surface area contributed by atoms with Crippen LogP contribution >= 0.6 is 11.8 Å². The molecule has 1 aromatic carbocycles. The van der Waals surface area contributed by atoms with Gasteiger partial charge in [0.2, 0.25) is 0 Å². The lowest BCUT2D eigenvalue weighted by Crippen LogP contribution is -2.46. The van der Waals surface area contributed by atoms with Gasteiger partial charge in [-0.25, -0.2) is 8.78 Å². The Morgan fingerprint density at radius 3 is 2.72 bits per heavy atom. The Balaban J connectivity index is 2.54. The van der Waals surface area contributed by atoms with Gasteiger partial charge in [0.25, 0.3) is 0 Å². The molecule has 2 N–H and O–H groups in total. The molecule has 18 heavy (non-hydrogen) atoms. The lowest BCUT2D eigenvalue weighted by Gasteiger charge is -2.20. The molecule has 0 fully saturated rings. The highest BCUT2D eigenvalue weighted by Gasteiger charge is 2.28. The molecule has 1 atom stereocenters. The summed E-state index contributed by atoms with van der Waals surface area (Å²) in [7, 11) is 1.26. The minimum Gasteiger partial charge on any atom is -0.468 e. The first-order valence-electron chi connectivity index (χ1n) is 5.32. The molecule has 0 aliphatic heterocycles. The third-order valence-corrected chi connectivity index (χ3v) is 3.47. The Morgan fingerprint density at radius 2 is 2.17 bits per heavy atom. The van der Waals surface area contributed by atoms with E-state index in [1.807, 2.05) is 0 Å². The van der Waals surface area contributed by atoms with Gasteiger partial charge in [0, 0.05) is 16.7 Å². The molecule has 1 unspecified atom stereocenters. The highest BCUT2D eigenvalue weighted by molar-refractivity contribution is 7.99. The first-order chi connectivity index (χ1) is 8.36. The molecule has 0 bridgehead atoms. The third kappa shape index (κ3) is 3.96. The van der Waals surface area contributed by atoms with E-state index in [-0.39, 0.29) is 0 Å². The Morgan fingerprint density at radius 1 is 1.50 bits per heavy atom. The van der Waals surface area contributed by atoms with Gasteiger partial charge in [-0.1, -0.05) is 0 Å². The molecule has 0 saturated heterocycles. The molecule has 0 heterocycles. The van der Waals surface area contributed by atoms with Crippen molar-refractivity contribution in [1.82, 2.24) is 0 Å². The molecular weight excluding hydrogens is 260 g/mol. The number of thioether (sulfide) groups is 1. The van der Waals surface area contributed by atoms with Crippen LogP contribution < -0.4 is 5.73 Å². The maximum Gasteiger partial charge on any atom is 0.325 e. The fourth-order valence-corrected chi connectivity index (χ4v) is 2.41. The normalized spacial score (nSPS) is 14.1. The van der Waals surface area contributed by atoms with Crippen molar-refractivity contribution in [3.63, 3.8) is 0 Å². The van der Waals surface area contributed by atoms with Gasteiger partial charge in [-0.05, 0) is 25.5 Å². The Bertz CT molecular complexity index is 438. The minimum absolute atomic E-state index is 0.331. The Hall–Kier alpha value is -1.14. The summed E-state index contributed by atoms with van der Waals surface area (Å²) >= 11 is 1.18. The average Bonchev–Trinajstić information content (AvgIpc) is 2.30. The fourth-order valence-electron chi connectivity index (χ4n) is 1.30. The van der Waals surface area contributed by atoms with E-state index in [2.05, 4.69) is 4.74 Å². The second kappa shape index (κ2) is 6.15. The summed E-state index contributed by atoms with van der Waals surface area (Å²) in [6, 6.07) is 3.37. The molecule has 0 spiro atoms. The van der Waals surface area contributed by atoms with E-state index >= 15 is 0 Å². The van der Waals surface area contributed by atoms with E-state index in [9.17, 15) is 13.6 Å². The summed E-state index contributed by atoms with van der Waals surface area (Å²) in [5.41, 5.74) is 4.66. The first-order valence-corrected chi connectivity index (χ1v) is 6.30. The largest absolute Gasteiger partial charge is 0.468 e. The number of nitrogens with two attached hydrogens (primary N) is 1. The van der Waals surface area contributed by atoms with Gasteiger partial charge in [0.15, 0.2) is 0 Å². The summed E-state index contributed by atoms with van der Waals surface area (Å²) in [6.45, 7) is 1.56. The van der Waals surface area contributed by atoms with E-state index in [1.54, 1.807) is 6.92 Å². The molecule has 0 aliphatic carbocycles. The lowest BCUT2D eigenvalue weighted by atomic mass is 10.0. The van der Waals surface area contributed by atoms with Crippen LogP contribution in [0.4, 0.5) is 8.78 Å². The second-order valence-electron chi connectivity index (χ2n) is 4.08. The van der Waals surface area contributed by atoms with Crippen molar-refractivity contribution in [2.45, 2.75) is 23.8 Å². The zero-order valence-electron chi connectivity index (χ0n) is 10.2. The highest BCUT2D eigenvalue weighted by atomic mass is 32.2. The number of hydrogen-bond acceptors (Lipinski definition) is 4.